The summed E-state index contributed by atoms with van der Waals surface area (Å²) in [6.07, 6.45) is 3.06. The van der Waals surface area contributed by atoms with Crippen LogP contribution >= 0.6 is 0 Å². The van der Waals surface area contributed by atoms with Crippen LogP contribution in [0.3, 0.4) is 0 Å². The third-order valence-electron chi connectivity index (χ3n) is 3.49. The molecule has 1 fully saturated rings. The third kappa shape index (κ3) is 2.28. The van der Waals surface area contributed by atoms with Crippen molar-refractivity contribution in [2.75, 3.05) is 30.0 Å². The van der Waals surface area contributed by atoms with E-state index >= 15 is 0 Å². The fraction of sp³-hybridized carbons (Fsp3) is 0.545. The molecule has 2 aromatic rings. The van der Waals surface area contributed by atoms with Crippen molar-refractivity contribution in [3.63, 3.8) is 0 Å². The number of H-pyrrole nitrogens is 1. The standard InChI is InChI=1S/C11H16N6O2S/c1-12-11-15-9(8-6-14-17-10(8)16-11)13-5-7-3-2-4-20(7,18)19/h6-7H,2-5H2,1H3,(H3,12,13,14,15,16,17). The summed E-state index contributed by atoms with van der Waals surface area (Å²) in [4.78, 5) is 8.54. The molecule has 0 radical (unpaired) electrons. The first kappa shape index (κ1) is 13.1. The van der Waals surface area contributed by atoms with Crippen molar-refractivity contribution in [2.24, 2.45) is 0 Å². The molecule has 1 unspecified atom stereocenters. The molecule has 108 valence electrons. The summed E-state index contributed by atoms with van der Waals surface area (Å²) in [6, 6.07) is 0. The van der Waals surface area contributed by atoms with E-state index in [1.807, 2.05) is 0 Å². The second-order valence-corrected chi connectivity index (χ2v) is 7.19. The number of hydrogen-bond donors (Lipinski definition) is 3. The van der Waals surface area contributed by atoms with Crippen LogP contribution in [0.5, 0.6) is 0 Å². The Kier molecular flexibility index (Phi) is 3.20. The van der Waals surface area contributed by atoms with Crippen LogP contribution in [-0.4, -0.2) is 53.2 Å². The Morgan fingerprint density at radius 1 is 1.45 bits per heavy atom. The SMILES string of the molecule is CNc1nc(NCC2CCCS2(=O)=O)c2cn[nH]c2n1. The van der Waals surface area contributed by atoms with Crippen LogP contribution in [0.1, 0.15) is 12.8 Å². The van der Waals surface area contributed by atoms with Crippen molar-refractivity contribution in [3.8, 4) is 0 Å². The lowest BCUT2D eigenvalue weighted by molar-refractivity contribution is 0.591. The maximum Gasteiger partial charge on any atom is 0.226 e. The fourth-order valence-electron chi connectivity index (χ4n) is 2.38. The van der Waals surface area contributed by atoms with Gasteiger partial charge in [0.25, 0.3) is 0 Å². The lowest BCUT2D eigenvalue weighted by Gasteiger charge is -2.12. The van der Waals surface area contributed by atoms with Gasteiger partial charge in [-0.25, -0.2) is 8.42 Å². The maximum absolute atomic E-state index is 11.8. The smallest absolute Gasteiger partial charge is 0.226 e. The van der Waals surface area contributed by atoms with Crippen LogP contribution in [0.2, 0.25) is 0 Å². The summed E-state index contributed by atoms with van der Waals surface area (Å²) >= 11 is 0. The predicted octanol–water partition coefficient (Wildman–Crippen LogP) is 0.384. The molecule has 9 heteroatoms. The van der Waals surface area contributed by atoms with E-state index in [1.54, 1.807) is 13.2 Å². The number of anilines is 2. The molecule has 8 nitrogen and oxygen atoms in total. The Bertz CT molecular complexity index is 726. The highest BCUT2D eigenvalue weighted by atomic mass is 32.2. The molecule has 0 aliphatic carbocycles. The van der Waals surface area contributed by atoms with Gasteiger partial charge in [0.2, 0.25) is 5.95 Å². The lowest BCUT2D eigenvalue weighted by atomic mass is 10.2. The summed E-state index contributed by atoms with van der Waals surface area (Å²) in [5.74, 6) is 1.33. The van der Waals surface area contributed by atoms with Gasteiger partial charge in [0.1, 0.15) is 5.82 Å². The first-order valence-electron chi connectivity index (χ1n) is 6.44. The average Bonchev–Trinajstić information content (AvgIpc) is 3.01. The van der Waals surface area contributed by atoms with E-state index in [1.165, 1.54) is 0 Å². The molecule has 0 amide bonds. The number of nitrogens with zero attached hydrogens (tertiary/aromatic N) is 3. The molecule has 1 aliphatic heterocycles. The van der Waals surface area contributed by atoms with Gasteiger partial charge in [0, 0.05) is 13.6 Å². The maximum atomic E-state index is 11.8. The minimum Gasteiger partial charge on any atom is -0.368 e. The van der Waals surface area contributed by atoms with Crippen molar-refractivity contribution in [2.45, 2.75) is 18.1 Å². The fourth-order valence-corrected chi connectivity index (χ4v) is 4.14. The number of fused-ring (bicyclic) bond motifs is 1. The highest BCUT2D eigenvalue weighted by Crippen LogP contribution is 2.23. The molecule has 3 rings (SSSR count). The summed E-state index contributed by atoms with van der Waals surface area (Å²) in [5.41, 5.74) is 0.612. The van der Waals surface area contributed by atoms with E-state index in [0.717, 1.165) is 11.8 Å². The Balaban J connectivity index is 1.85. The van der Waals surface area contributed by atoms with Crippen molar-refractivity contribution in [1.29, 1.82) is 0 Å². The van der Waals surface area contributed by atoms with Crippen LogP contribution in [-0.2, 0) is 9.84 Å². The summed E-state index contributed by atoms with van der Waals surface area (Å²) in [6.45, 7) is 0.364. The van der Waals surface area contributed by atoms with E-state index < -0.39 is 9.84 Å². The molecule has 0 bridgehead atoms. The van der Waals surface area contributed by atoms with Crippen molar-refractivity contribution in [3.05, 3.63) is 6.20 Å². The van der Waals surface area contributed by atoms with E-state index in [4.69, 9.17) is 0 Å². The largest absolute Gasteiger partial charge is 0.368 e. The van der Waals surface area contributed by atoms with Gasteiger partial charge < -0.3 is 10.6 Å². The Morgan fingerprint density at radius 3 is 3.00 bits per heavy atom. The molecular weight excluding hydrogens is 280 g/mol. The predicted molar refractivity (Wildman–Crippen MR) is 76.5 cm³/mol. The van der Waals surface area contributed by atoms with Gasteiger partial charge in [0.15, 0.2) is 15.5 Å². The van der Waals surface area contributed by atoms with Crippen molar-refractivity contribution in [1.82, 2.24) is 20.2 Å². The van der Waals surface area contributed by atoms with Crippen LogP contribution in [0.25, 0.3) is 11.0 Å². The zero-order chi connectivity index (χ0) is 14.2. The molecule has 2 aromatic heterocycles. The van der Waals surface area contributed by atoms with Gasteiger partial charge in [-0.05, 0) is 12.8 Å². The zero-order valence-corrected chi connectivity index (χ0v) is 11.9. The van der Waals surface area contributed by atoms with E-state index in [0.29, 0.717) is 30.4 Å². The zero-order valence-electron chi connectivity index (χ0n) is 11.0. The second kappa shape index (κ2) is 4.89. The summed E-state index contributed by atoms with van der Waals surface area (Å²) < 4.78 is 23.6. The molecule has 0 saturated carbocycles. The van der Waals surface area contributed by atoms with Gasteiger partial charge in [-0.2, -0.15) is 15.1 Å². The first-order chi connectivity index (χ1) is 9.60. The molecule has 0 spiro atoms. The minimum atomic E-state index is -2.96. The number of aromatic amines is 1. The topological polar surface area (TPSA) is 113 Å². The lowest BCUT2D eigenvalue weighted by Crippen LogP contribution is -2.25. The van der Waals surface area contributed by atoms with Gasteiger partial charge in [-0.3, -0.25) is 5.10 Å². The molecule has 20 heavy (non-hydrogen) atoms. The second-order valence-electron chi connectivity index (χ2n) is 4.79. The third-order valence-corrected chi connectivity index (χ3v) is 5.77. The van der Waals surface area contributed by atoms with Crippen LogP contribution in [0.15, 0.2) is 6.20 Å². The Morgan fingerprint density at radius 2 is 2.30 bits per heavy atom. The summed E-state index contributed by atoms with van der Waals surface area (Å²) in [7, 11) is -1.23. The van der Waals surface area contributed by atoms with Gasteiger partial charge >= 0.3 is 0 Å². The number of rotatable bonds is 4. The highest BCUT2D eigenvalue weighted by molar-refractivity contribution is 7.92. The Hall–Kier alpha value is -1.90. The van der Waals surface area contributed by atoms with Crippen molar-refractivity contribution >= 4 is 32.6 Å². The first-order valence-corrected chi connectivity index (χ1v) is 8.16. The number of nitrogens with one attached hydrogen (secondary N) is 3. The molecule has 0 aromatic carbocycles. The molecule has 1 aliphatic rings. The van der Waals surface area contributed by atoms with E-state index in [2.05, 4.69) is 30.8 Å². The molecule has 1 saturated heterocycles. The van der Waals surface area contributed by atoms with E-state index in [9.17, 15) is 8.42 Å². The number of aromatic nitrogens is 4. The van der Waals surface area contributed by atoms with E-state index in [-0.39, 0.29) is 11.0 Å². The number of sulfone groups is 1. The average molecular weight is 296 g/mol. The van der Waals surface area contributed by atoms with Crippen LogP contribution in [0, 0.1) is 0 Å². The molecule has 1 atom stereocenters. The van der Waals surface area contributed by atoms with Crippen molar-refractivity contribution < 1.29 is 8.42 Å². The number of hydrogen-bond acceptors (Lipinski definition) is 7. The highest BCUT2D eigenvalue weighted by Gasteiger charge is 2.31. The quantitative estimate of drug-likeness (QED) is 0.747. The summed E-state index contributed by atoms with van der Waals surface area (Å²) in [5, 5.41) is 13.1. The van der Waals surface area contributed by atoms with Gasteiger partial charge in [0.05, 0.1) is 22.6 Å². The monoisotopic (exact) mass is 296 g/mol. The molecular formula is C11H16N6O2S. The van der Waals surface area contributed by atoms with Crippen LogP contribution < -0.4 is 10.6 Å². The Labute approximate surface area is 116 Å². The normalized spacial score (nSPS) is 21.1. The van der Waals surface area contributed by atoms with Gasteiger partial charge in [-0.1, -0.05) is 0 Å². The molecule has 3 heterocycles. The minimum absolute atomic E-state index is 0.284. The van der Waals surface area contributed by atoms with Gasteiger partial charge in [-0.15, -0.1) is 0 Å². The van der Waals surface area contributed by atoms with Crippen LogP contribution in [0.4, 0.5) is 11.8 Å². The molecule has 3 N–H and O–H groups in total.